The van der Waals surface area contributed by atoms with E-state index in [0.717, 1.165) is 5.76 Å². The fourth-order valence-corrected chi connectivity index (χ4v) is 1.66. The summed E-state index contributed by atoms with van der Waals surface area (Å²) in [7, 11) is 0. The largest absolute Gasteiger partial charge is 0.491 e. The van der Waals surface area contributed by atoms with Gasteiger partial charge in [0.05, 0.1) is 12.8 Å². The van der Waals surface area contributed by atoms with Crippen LogP contribution >= 0.6 is 0 Å². The van der Waals surface area contributed by atoms with Gasteiger partial charge >= 0.3 is 0 Å². The van der Waals surface area contributed by atoms with E-state index in [2.05, 4.69) is 25.8 Å². The van der Waals surface area contributed by atoms with Crippen molar-refractivity contribution in [2.24, 2.45) is 0 Å². The molecule has 0 aliphatic carbocycles. The average molecular weight is 291 g/mol. The van der Waals surface area contributed by atoms with Crippen LogP contribution < -0.4 is 9.47 Å². The Morgan fingerprint density at radius 3 is 2.24 bits per heavy atom. The average Bonchev–Trinajstić information content (AvgIpc) is 2.93. The number of benzene rings is 1. The third-order valence-corrected chi connectivity index (χ3v) is 2.84. The van der Waals surface area contributed by atoms with E-state index in [1.165, 1.54) is 0 Å². The number of aromatic nitrogens is 1. The van der Waals surface area contributed by atoms with Crippen molar-refractivity contribution in [1.29, 1.82) is 0 Å². The van der Waals surface area contributed by atoms with Crippen LogP contribution in [0, 0.1) is 0 Å². The molecule has 0 saturated carbocycles. The Morgan fingerprint density at radius 2 is 1.71 bits per heavy atom. The second kappa shape index (κ2) is 6.63. The predicted molar refractivity (Wildman–Crippen MR) is 78.6 cm³/mol. The summed E-state index contributed by atoms with van der Waals surface area (Å²) in [4.78, 5) is 4.21. The summed E-state index contributed by atoms with van der Waals surface area (Å²) in [6, 6.07) is 7.20. The van der Waals surface area contributed by atoms with Gasteiger partial charge in [0, 0.05) is 5.41 Å². The number of ether oxygens (including phenoxy) is 2. The lowest BCUT2D eigenvalue weighted by Crippen LogP contribution is -2.09. The maximum Gasteiger partial charge on any atom is 0.232 e. The normalized spacial score (nSPS) is 11.4. The second-order valence-corrected chi connectivity index (χ2v) is 5.70. The van der Waals surface area contributed by atoms with Crippen LogP contribution in [0.3, 0.4) is 0 Å². The van der Waals surface area contributed by atoms with Gasteiger partial charge in [-0.2, -0.15) is 0 Å². The maximum atomic E-state index is 8.68. The summed E-state index contributed by atoms with van der Waals surface area (Å²) in [6.45, 7) is 6.79. The van der Waals surface area contributed by atoms with Crippen molar-refractivity contribution >= 4 is 0 Å². The van der Waals surface area contributed by atoms with E-state index in [0.29, 0.717) is 17.4 Å². The van der Waals surface area contributed by atoms with Gasteiger partial charge in [-0.1, -0.05) is 20.8 Å². The van der Waals surface area contributed by atoms with Crippen LogP contribution in [0.2, 0.25) is 0 Å². The summed E-state index contributed by atoms with van der Waals surface area (Å²) in [6.07, 6.45) is 1.74. The Bertz CT molecular complexity index is 554. The molecule has 0 unspecified atom stereocenters. The monoisotopic (exact) mass is 291 g/mol. The lowest BCUT2D eigenvalue weighted by Gasteiger charge is -2.13. The zero-order valence-electron chi connectivity index (χ0n) is 12.6. The molecule has 0 fully saturated rings. The minimum atomic E-state index is -0.0586. The van der Waals surface area contributed by atoms with Crippen LogP contribution in [0.15, 0.2) is 34.9 Å². The van der Waals surface area contributed by atoms with E-state index in [9.17, 15) is 0 Å². The second-order valence-electron chi connectivity index (χ2n) is 5.70. The molecule has 5 heteroatoms. The van der Waals surface area contributed by atoms with Crippen molar-refractivity contribution in [3.05, 3.63) is 42.1 Å². The van der Waals surface area contributed by atoms with Crippen molar-refractivity contribution in [2.45, 2.75) is 32.8 Å². The highest BCUT2D eigenvalue weighted by Gasteiger charge is 2.19. The number of aliphatic hydroxyl groups excluding tert-OH is 1. The zero-order chi connectivity index (χ0) is 15.3. The molecule has 0 saturated heterocycles. The summed E-state index contributed by atoms with van der Waals surface area (Å²) in [5, 5.41) is 8.68. The minimum Gasteiger partial charge on any atom is -0.491 e. The van der Waals surface area contributed by atoms with Gasteiger partial charge in [-0.05, 0) is 24.3 Å². The van der Waals surface area contributed by atoms with Crippen molar-refractivity contribution in [1.82, 2.24) is 4.98 Å². The van der Waals surface area contributed by atoms with Crippen LogP contribution in [-0.4, -0.2) is 23.3 Å². The third-order valence-electron chi connectivity index (χ3n) is 2.84. The number of hydrogen-bond acceptors (Lipinski definition) is 5. The zero-order valence-corrected chi connectivity index (χ0v) is 12.6. The molecule has 0 atom stereocenters. The van der Waals surface area contributed by atoms with Gasteiger partial charge in [-0.3, -0.25) is 0 Å². The van der Waals surface area contributed by atoms with Gasteiger partial charge in [-0.25, -0.2) is 4.98 Å². The first-order valence-electron chi connectivity index (χ1n) is 6.91. The maximum absolute atomic E-state index is 8.68. The van der Waals surface area contributed by atoms with Gasteiger partial charge in [0.1, 0.15) is 23.9 Å². The quantitative estimate of drug-likeness (QED) is 0.886. The van der Waals surface area contributed by atoms with Crippen LogP contribution in [0.25, 0.3) is 0 Å². The highest BCUT2D eigenvalue weighted by Crippen LogP contribution is 2.23. The van der Waals surface area contributed by atoms with Crippen LogP contribution in [-0.2, 0) is 12.0 Å². The molecule has 0 aliphatic heterocycles. The van der Waals surface area contributed by atoms with E-state index in [4.69, 9.17) is 19.0 Å². The number of oxazole rings is 1. The fourth-order valence-electron chi connectivity index (χ4n) is 1.66. The smallest absolute Gasteiger partial charge is 0.232 e. The molecule has 0 spiro atoms. The molecular formula is C16H21NO4. The van der Waals surface area contributed by atoms with E-state index in [1.807, 2.05) is 0 Å². The molecule has 0 radical (unpaired) electrons. The number of rotatable bonds is 6. The molecule has 114 valence electrons. The highest BCUT2D eigenvalue weighted by molar-refractivity contribution is 5.31. The van der Waals surface area contributed by atoms with Gasteiger partial charge in [-0.15, -0.1) is 0 Å². The van der Waals surface area contributed by atoms with Crippen molar-refractivity contribution in [3.63, 3.8) is 0 Å². The van der Waals surface area contributed by atoms with Crippen LogP contribution in [0.5, 0.6) is 11.5 Å². The molecule has 1 heterocycles. The Hall–Kier alpha value is -2.01. The number of nitrogens with zero attached hydrogens (tertiary/aromatic N) is 1. The Kier molecular flexibility index (Phi) is 4.85. The first-order chi connectivity index (χ1) is 9.99. The van der Waals surface area contributed by atoms with Gasteiger partial charge in [0.15, 0.2) is 6.61 Å². The molecule has 1 N–H and O–H groups in total. The molecule has 0 bridgehead atoms. The third kappa shape index (κ3) is 4.49. The summed E-state index contributed by atoms with van der Waals surface area (Å²) in [5.74, 6) is 2.80. The lowest BCUT2D eigenvalue weighted by molar-refractivity contribution is 0.201. The molecular weight excluding hydrogens is 270 g/mol. The number of aliphatic hydroxyl groups is 1. The summed E-state index contributed by atoms with van der Waals surface area (Å²) >= 11 is 0. The summed E-state index contributed by atoms with van der Waals surface area (Å²) < 4.78 is 16.6. The molecule has 0 amide bonds. The van der Waals surface area contributed by atoms with Crippen molar-refractivity contribution < 1.29 is 19.0 Å². The SMILES string of the molecule is CC(C)(C)c1cnc(COc2ccc(OCCO)cc2)o1. The van der Waals surface area contributed by atoms with Crippen LogP contribution in [0.4, 0.5) is 0 Å². The van der Waals surface area contributed by atoms with Crippen LogP contribution in [0.1, 0.15) is 32.4 Å². The van der Waals surface area contributed by atoms with E-state index < -0.39 is 0 Å². The standard InChI is InChI=1S/C16H21NO4/c1-16(2,3)14-10-17-15(21-14)11-20-13-6-4-12(5-7-13)19-9-8-18/h4-7,10,18H,8-9,11H2,1-3H3. The fraction of sp³-hybridized carbons (Fsp3) is 0.438. The molecule has 2 aromatic rings. The molecule has 0 aliphatic rings. The van der Waals surface area contributed by atoms with Crippen molar-refractivity contribution in [3.8, 4) is 11.5 Å². The highest BCUT2D eigenvalue weighted by atomic mass is 16.5. The molecule has 1 aromatic heterocycles. The lowest BCUT2D eigenvalue weighted by atomic mass is 9.94. The molecule has 1 aromatic carbocycles. The first kappa shape index (κ1) is 15.4. The van der Waals surface area contributed by atoms with Gasteiger partial charge in [0.2, 0.25) is 5.89 Å². The Balaban J connectivity index is 1.89. The topological polar surface area (TPSA) is 64.7 Å². The van der Waals surface area contributed by atoms with Gasteiger partial charge in [0.25, 0.3) is 0 Å². The Labute approximate surface area is 124 Å². The van der Waals surface area contributed by atoms with E-state index in [-0.39, 0.29) is 25.2 Å². The number of hydrogen-bond donors (Lipinski definition) is 1. The summed E-state index contributed by atoms with van der Waals surface area (Å²) in [5.41, 5.74) is -0.0586. The van der Waals surface area contributed by atoms with E-state index >= 15 is 0 Å². The van der Waals surface area contributed by atoms with E-state index in [1.54, 1.807) is 30.5 Å². The Morgan fingerprint density at radius 1 is 1.10 bits per heavy atom. The minimum absolute atomic E-state index is 0.00146. The van der Waals surface area contributed by atoms with Gasteiger partial charge < -0.3 is 19.0 Å². The molecule has 2 rings (SSSR count). The first-order valence-corrected chi connectivity index (χ1v) is 6.91. The predicted octanol–water partition coefficient (Wildman–Crippen LogP) is 2.92. The van der Waals surface area contributed by atoms with Crippen molar-refractivity contribution in [2.75, 3.05) is 13.2 Å². The molecule has 5 nitrogen and oxygen atoms in total. The molecule has 21 heavy (non-hydrogen) atoms.